The third-order valence-electron chi connectivity index (χ3n) is 5.90. The molecular weight excluding hydrogens is 405 g/mol. The number of anilines is 1. The van der Waals surface area contributed by atoms with Crippen LogP contribution in [0.25, 0.3) is 0 Å². The minimum Gasteiger partial charge on any atom is -0.475 e. The number of hydrogen-bond acceptors (Lipinski definition) is 6. The second-order valence-corrected chi connectivity index (χ2v) is 7.84. The second-order valence-electron chi connectivity index (χ2n) is 7.84. The molecule has 2 saturated heterocycles. The van der Waals surface area contributed by atoms with E-state index >= 15 is 0 Å². The number of carbonyl (C=O) groups is 2. The van der Waals surface area contributed by atoms with Gasteiger partial charge in [-0.05, 0) is 24.7 Å². The molecule has 3 fully saturated rings. The molecule has 1 aromatic rings. The fourth-order valence-corrected chi connectivity index (χ4v) is 4.45. The van der Waals surface area contributed by atoms with Crippen LogP contribution in [-0.4, -0.2) is 70.4 Å². The van der Waals surface area contributed by atoms with E-state index in [9.17, 15) is 18.0 Å². The van der Waals surface area contributed by atoms with Gasteiger partial charge in [-0.15, -0.1) is 0 Å². The van der Waals surface area contributed by atoms with Crippen LogP contribution in [0.15, 0.2) is 18.6 Å². The Morgan fingerprint density at radius 2 is 1.87 bits per heavy atom. The molecular formula is C19H25F3N4O4. The summed E-state index contributed by atoms with van der Waals surface area (Å²) in [5.41, 5.74) is 0. The number of ether oxygens (including phenoxy) is 1. The van der Waals surface area contributed by atoms with Gasteiger partial charge in [0.15, 0.2) is 5.82 Å². The summed E-state index contributed by atoms with van der Waals surface area (Å²) < 4.78 is 37.5. The van der Waals surface area contributed by atoms with E-state index in [1.165, 1.54) is 25.7 Å². The predicted octanol–water partition coefficient (Wildman–Crippen LogP) is 2.19. The minimum atomic E-state index is -5.08. The van der Waals surface area contributed by atoms with E-state index in [2.05, 4.69) is 20.2 Å². The Bertz CT molecular complexity index is 728. The van der Waals surface area contributed by atoms with E-state index in [1.807, 2.05) is 0 Å². The minimum absolute atomic E-state index is 0.0217. The van der Waals surface area contributed by atoms with Gasteiger partial charge in [-0.1, -0.05) is 12.8 Å². The molecule has 0 bridgehead atoms. The summed E-state index contributed by atoms with van der Waals surface area (Å²) in [6, 6.07) is 0.726. The summed E-state index contributed by atoms with van der Waals surface area (Å²) in [5.74, 6) is -1.41. The summed E-state index contributed by atoms with van der Waals surface area (Å²) in [7, 11) is 0. The number of aliphatic carboxylic acids is 1. The normalized spacial score (nSPS) is 27.1. The number of nitrogens with one attached hydrogen (secondary N) is 1. The monoisotopic (exact) mass is 430 g/mol. The van der Waals surface area contributed by atoms with Gasteiger partial charge in [-0.25, -0.2) is 9.78 Å². The SMILES string of the molecule is O=C(Nc1cnccn1)[C@H]1COC[C@H]2CN(C3CCCC3)C[C@H]21.O=C(O)C(F)(F)F. The standard InChI is InChI=1S/C17H24N4O2.C2HF3O2/c22-17(20-16-7-18-5-6-19-16)15-11-23-10-12-8-21(9-14(12)15)13-3-1-2-4-13;3-2(4,5)1(6)7/h5-7,12-15H,1-4,8-11H2,(H,19,20,22);(H,6,7)/t12-,14-,15+;/m1./s1. The molecule has 4 rings (SSSR count). The number of hydrogen-bond donors (Lipinski definition) is 2. The van der Waals surface area contributed by atoms with Crippen LogP contribution in [-0.2, 0) is 14.3 Å². The van der Waals surface area contributed by atoms with Crippen LogP contribution in [0.1, 0.15) is 25.7 Å². The van der Waals surface area contributed by atoms with Crippen LogP contribution in [0.4, 0.5) is 19.0 Å². The van der Waals surface area contributed by atoms with Crippen molar-refractivity contribution in [3.05, 3.63) is 18.6 Å². The number of nitrogens with zero attached hydrogens (tertiary/aromatic N) is 3. The highest BCUT2D eigenvalue weighted by Crippen LogP contribution is 2.38. The van der Waals surface area contributed by atoms with Crippen molar-refractivity contribution >= 4 is 17.7 Å². The highest BCUT2D eigenvalue weighted by atomic mass is 19.4. The van der Waals surface area contributed by atoms with Gasteiger partial charge >= 0.3 is 12.1 Å². The van der Waals surface area contributed by atoms with Crippen LogP contribution in [0.2, 0.25) is 0 Å². The summed E-state index contributed by atoms with van der Waals surface area (Å²) in [6.45, 7) is 3.44. The topological polar surface area (TPSA) is 105 Å². The fourth-order valence-electron chi connectivity index (χ4n) is 4.45. The molecule has 30 heavy (non-hydrogen) atoms. The number of amides is 1. The molecule has 8 nitrogen and oxygen atoms in total. The first-order valence-corrected chi connectivity index (χ1v) is 9.94. The van der Waals surface area contributed by atoms with Crippen molar-refractivity contribution in [2.45, 2.75) is 37.9 Å². The Balaban J connectivity index is 0.000000318. The van der Waals surface area contributed by atoms with E-state index in [1.54, 1.807) is 18.6 Å². The number of carboxylic acids is 1. The van der Waals surface area contributed by atoms with Gasteiger partial charge in [0.1, 0.15) is 0 Å². The Labute approximate surface area is 171 Å². The number of likely N-dealkylation sites (tertiary alicyclic amines) is 1. The number of carboxylic acid groups (broad SMARTS) is 1. The molecule has 1 aliphatic carbocycles. The fraction of sp³-hybridized carbons (Fsp3) is 0.684. The second kappa shape index (κ2) is 9.69. The summed E-state index contributed by atoms with van der Waals surface area (Å²) in [4.78, 5) is 32.3. The largest absolute Gasteiger partial charge is 0.490 e. The first kappa shape index (κ1) is 22.4. The highest BCUT2D eigenvalue weighted by molar-refractivity contribution is 5.92. The first-order valence-electron chi connectivity index (χ1n) is 9.94. The van der Waals surface area contributed by atoms with Crippen LogP contribution >= 0.6 is 0 Å². The van der Waals surface area contributed by atoms with Crippen molar-refractivity contribution in [1.82, 2.24) is 14.9 Å². The van der Waals surface area contributed by atoms with Gasteiger partial charge in [-0.2, -0.15) is 13.2 Å². The van der Waals surface area contributed by atoms with Crippen molar-refractivity contribution < 1.29 is 32.6 Å². The average molecular weight is 430 g/mol. The summed E-state index contributed by atoms with van der Waals surface area (Å²) in [5, 5.41) is 10.0. The number of rotatable bonds is 3. The molecule has 0 spiro atoms. The van der Waals surface area contributed by atoms with Crippen LogP contribution in [0, 0.1) is 17.8 Å². The van der Waals surface area contributed by atoms with E-state index in [-0.39, 0.29) is 11.8 Å². The van der Waals surface area contributed by atoms with Crippen LogP contribution < -0.4 is 5.32 Å². The average Bonchev–Trinajstić information content (AvgIpc) is 3.37. The van der Waals surface area contributed by atoms with Gasteiger partial charge in [0, 0.05) is 31.5 Å². The summed E-state index contributed by atoms with van der Waals surface area (Å²) >= 11 is 0. The number of aromatic nitrogens is 2. The smallest absolute Gasteiger partial charge is 0.475 e. The first-order chi connectivity index (χ1) is 14.3. The Morgan fingerprint density at radius 3 is 2.47 bits per heavy atom. The zero-order valence-corrected chi connectivity index (χ0v) is 16.3. The van der Waals surface area contributed by atoms with Crippen molar-refractivity contribution in [2.24, 2.45) is 17.8 Å². The quantitative estimate of drug-likeness (QED) is 0.757. The van der Waals surface area contributed by atoms with Crippen LogP contribution in [0.3, 0.4) is 0 Å². The van der Waals surface area contributed by atoms with E-state index < -0.39 is 12.1 Å². The molecule has 1 saturated carbocycles. The van der Waals surface area contributed by atoms with Crippen LogP contribution in [0.5, 0.6) is 0 Å². The number of carbonyl (C=O) groups excluding carboxylic acids is 1. The van der Waals surface area contributed by atoms with Gasteiger partial charge < -0.3 is 15.2 Å². The zero-order chi connectivity index (χ0) is 21.7. The predicted molar refractivity (Wildman–Crippen MR) is 99.5 cm³/mol. The molecule has 3 aliphatic rings. The molecule has 166 valence electrons. The van der Waals surface area contributed by atoms with Crippen molar-refractivity contribution in [2.75, 3.05) is 31.6 Å². The Morgan fingerprint density at radius 1 is 1.17 bits per heavy atom. The maximum absolute atomic E-state index is 12.7. The lowest BCUT2D eigenvalue weighted by Gasteiger charge is -2.31. The Hall–Kier alpha value is -2.27. The van der Waals surface area contributed by atoms with Gasteiger partial charge in [-0.3, -0.25) is 14.7 Å². The lowest BCUT2D eigenvalue weighted by Crippen LogP contribution is -2.42. The molecule has 3 heterocycles. The molecule has 3 atom stereocenters. The zero-order valence-electron chi connectivity index (χ0n) is 16.3. The van der Waals surface area contributed by atoms with E-state index in [0.29, 0.717) is 24.3 Å². The molecule has 11 heteroatoms. The molecule has 2 aliphatic heterocycles. The molecule has 2 N–H and O–H groups in total. The third kappa shape index (κ3) is 5.66. The lowest BCUT2D eigenvalue weighted by atomic mass is 9.82. The third-order valence-corrected chi connectivity index (χ3v) is 5.90. The maximum atomic E-state index is 12.7. The van der Waals surface area contributed by atoms with Gasteiger partial charge in [0.2, 0.25) is 5.91 Å². The summed E-state index contributed by atoms with van der Waals surface area (Å²) in [6.07, 6.45) is 5.03. The number of alkyl halides is 3. The van der Waals surface area contributed by atoms with Crippen molar-refractivity contribution in [3.63, 3.8) is 0 Å². The van der Waals surface area contributed by atoms with Gasteiger partial charge in [0.05, 0.1) is 25.3 Å². The van der Waals surface area contributed by atoms with E-state index in [0.717, 1.165) is 25.7 Å². The molecule has 1 amide bonds. The molecule has 0 radical (unpaired) electrons. The van der Waals surface area contributed by atoms with Gasteiger partial charge in [0.25, 0.3) is 0 Å². The molecule has 0 aromatic carbocycles. The van der Waals surface area contributed by atoms with E-state index in [4.69, 9.17) is 14.6 Å². The maximum Gasteiger partial charge on any atom is 0.490 e. The number of fused-ring (bicyclic) bond motifs is 1. The molecule has 0 unspecified atom stereocenters. The van der Waals surface area contributed by atoms with Crippen molar-refractivity contribution in [1.29, 1.82) is 0 Å². The highest BCUT2D eigenvalue weighted by Gasteiger charge is 2.45. The molecule has 1 aromatic heterocycles. The Kier molecular flexibility index (Phi) is 7.24. The lowest BCUT2D eigenvalue weighted by molar-refractivity contribution is -0.192. The van der Waals surface area contributed by atoms with Crippen molar-refractivity contribution in [3.8, 4) is 0 Å². The number of halogens is 3.